The van der Waals surface area contributed by atoms with Crippen LogP contribution in [0.25, 0.3) is 0 Å². The number of aryl methyl sites for hydroxylation is 1. The number of carbonyl (C=O) groups is 1. The molecule has 0 N–H and O–H groups in total. The Kier molecular flexibility index (Phi) is 2.67. The van der Waals surface area contributed by atoms with Gasteiger partial charge in [0.2, 0.25) is 5.78 Å². The van der Waals surface area contributed by atoms with Crippen LogP contribution in [0, 0.1) is 0 Å². The zero-order chi connectivity index (χ0) is 10.7. The molecule has 0 atom stereocenters. The van der Waals surface area contributed by atoms with Gasteiger partial charge in [0, 0.05) is 18.9 Å². The molecular weight excluding hydrogens is 192 g/mol. The zero-order valence-corrected chi connectivity index (χ0v) is 8.51. The van der Waals surface area contributed by atoms with E-state index in [0.29, 0.717) is 5.76 Å². The van der Waals surface area contributed by atoms with E-state index in [4.69, 9.17) is 4.42 Å². The lowest BCUT2D eigenvalue weighted by molar-refractivity contribution is 0.0963. The summed E-state index contributed by atoms with van der Waals surface area (Å²) in [6, 6.07) is 3.38. The van der Waals surface area contributed by atoms with E-state index in [0.717, 1.165) is 12.4 Å². The van der Waals surface area contributed by atoms with Crippen LogP contribution in [0.15, 0.2) is 35.2 Å². The molecule has 78 valence electrons. The largest absolute Gasteiger partial charge is 0.461 e. The molecule has 0 bridgehead atoms. The molecule has 0 unspecified atom stereocenters. The highest BCUT2D eigenvalue weighted by Crippen LogP contribution is 2.06. The van der Waals surface area contributed by atoms with E-state index < -0.39 is 0 Å². The minimum atomic E-state index is -0.0408. The lowest BCUT2D eigenvalue weighted by Crippen LogP contribution is -2.08. The molecule has 2 heterocycles. The monoisotopic (exact) mass is 204 g/mol. The molecule has 0 saturated carbocycles. The Morgan fingerprint density at radius 2 is 2.47 bits per heavy atom. The topological polar surface area (TPSA) is 48.0 Å². The van der Waals surface area contributed by atoms with Gasteiger partial charge in [0.1, 0.15) is 5.82 Å². The molecule has 0 aliphatic carbocycles. The van der Waals surface area contributed by atoms with Crippen molar-refractivity contribution in [3.63, 3.8) is 0 Å². The summed E-state index contributed by atoms with van der Waals surface area (Å²) < 4.78 is 6.98. The van der Waals surface area contributed by atoms with Crippen molar-refractivity contribution in [1.82, 2.24) is 9.55 Å². The molecule has 0 spiro atoms. The van der Waals surface area contributed by atoms with Crippen molar-refractivity contribution in [2.45, 2.75) is 19.9 Å². The first-order chi connectivity index (χ1) is 7.31. The number of hydrogen-bond donors (Lipinski definition) is 0. The van der Waals surface area contributed by atoms with Crippen LogP contribution in [-0.4, -0.2) is 15.3 Å². The van der Waals surface area contributed by atoms with Crippen LogP contribution in [0.1, 0.15) is 23.3 Å². The van der Waals surface area contributed by atoms with Crippen molar-refractivity contribution in [3.8, 4) is 0 Å². The maximum atomic E-state index is 11.7. The van der Waals surface area contributed by atoms with Crippen molar-refractivity contribution >= 4 is 5.78 Å². The molecule has 0 radical (unpaired) electrons. The summed E-state index contributed by atoms with van der Waals surface area (Å²) in [5, 5.41) is 0. The first-order valence-electron chi connectivity index (χ1n) is 4.88. The number of nitrogens with zero attached hydrogens (tertiary/aromatic N) is 2. The Hall–Kier alpha value is -1.84. The molecule has 0 aliphatic rings. The molecule has 0 aliphatic heterocycles. The van der Waals surface area contributed by atoms with E-state index in [9.17, 15) is 4.79 Å². The van der Waals surface area contributed by atoms with Gasteiger partial charge >= 0.3 is 0 Å². The lowest BCUT2D eigenvalue weighted by Gasteiger charge is -2.02. The Morgan fingerprint density at radius 3 is 3.13 bits per heavy atom. The second-order valence-corrected chi connectivity index (χ2v) is 3.21. The SMILES string of the molecule is CCn1ccnc1CC(=O)c1ccco1. The Labute approximate surface area is 87.5 Å². The number of ketones is 1. The summed E-state index contributed by atoms with van der Waals surface area (Å²) in [5.41, 5.74) is 0. The number of carbonyl (C=O) groups excluding carboxylic acids is 1. The summed E-state index contributed by atoms with van der Waals surface area (Å²) in [4.78, 5) is 15.8. The molecular formula is C11H12N2O2. The molecule has 4 heteroatoms. The van der Waals surface area contributed by atoms with Crippen LogP contribution in [0.5, 0.6) is 0 Å². The summed E-state index contributed by atoms with van der Waals surface area (Å²) >= 11 is 0. The smallest absolute Gasteiger partial charge is 0.205 e. The van der Waals surface area contributed by atoms with Gasteiger partial charge in [0.05, 0.1) is 12.7 Å². The van der Waals surface area contributed by atoms with Crippen molar-refractivity contribution in [2.75, 3.05) is 0 Å². The van der Waals surface area contributed by atoms with E-state index >= 15 is 0 Å². The fourth-order valence-electron chi connectivity index (χ4n) is 1.46. The summed E-state index contributed by atoms with van der Waals surface area (Å²) in [6.07, 6.45) is 5.35. The van der Waals surface area contributed by atoms with Gasteiger partial charge in [-0.2, -0.15) is 0 Å². The second-order valence-electron chi connectivity index (χ2n) is 3.21. The fourth-order valence-corrected chi connectivity index (χ4v) is 1.46. The minimum Gasteiger partial charge on any atom is -0.461 e. The Bertz CT molecular complexity index is 443. The summed E-state index contributed by atoms with van der Waals surface area (Å²) in [7, 11) is 0. The van der Waals surface area contributed by atoms with Crippen LogP contribution >= 0.6 is 0 Å². The van der Waals surface area contributed by atoms with Crippen LogP contribution in [-0.2, 0) is 13.0 Å². The Balaban J connectivity index is 2.13. The third-order valence-electron chi connectivity index (χ3n) is 2.26. The zero-order valence-electron chi connectivity index (χ0n) is 8.51. The van der Waals surface area contributed by atoms with Gasteiger partial charge in [-0.1, -0.05) is 0 Å². The van der Waals surface area contributed by atoms with Crippen LogP contribution in [0.4, 0.5) is 0 Å². The number of furan rings is 1. The highest BCUT2D eigenvalue weighted by Gasteiger charge is 2.12. The van der Waals surface area contributed by atoms with Gasteiger partial charge in [-0.3, -0.25) is 4.79 Å². The molecule has 15 heavy (non-hydrogen) atoms. The number of hydrogen-bond acceptors (Lipinski definition) is 3. The predicted molar refractivity (Wildman–Crippen MR) is 54.6 cm³/mol. The predicted octanol–water partition coefficient (Wildman–Crippen LogP) is 1.92. The molecule has 2 aromatic heterocycles. The second kappa shape index (κ2) is 4.13. The van der Waals surface area contributed by atoms with Crippen molar-refractivity contribution in [1.29, 1.82) is 0 Å². The molecule has 0 aromatic carbocycles. The molecule has 4 nitrogen and oxygen atoms in total. The number of aromatic nitrogens is 2. The third kappa shape index (κ3) is 1.98. The highest BCUT2D eigenvalue weighted by atomic mass is 16.3. The maximum absolute atomic E-state index is 11.7. The van der Waals surface area contributed by atoms with E-state index in [1.165, 1.54) is 6.26 Å². The number of imidazole rings is 1. The van der Waals surface area contributed by atoms with Gasteiger partial charge < -0.3 is 8.98 Å². The fraction of sp³-hybridized carbons (Fsp3) is 0.273. The van der Waals surface area contributed by atoms with Crippen molar-refractivity contribution in [3.05, 3.63) is 42.4 Å². The van der Waals surface area contributed by atoms with Gasteiger partial charge in [-0.05, 0) is 19.1 Å². The first-order valence-corrected chi connectivity index (χ1v) is 4.88. The molecule has 0 amide bonds. The van der Waals surface area contributed by atoms with E-state index in [-0.39, 0.29) is 12.2 Å². The number of rotatable bonds is 4. The first kappa shape index (κ1) is 9.71. The van der Waals surface area contributed by atoms with Crippen molar-refractivity contribution in [2.24, 2.45) is 0 Å². The molecule has 0 fully saturated rings. The average molecular weight is 204 g/mol. The highest BCUT2D eigenvalue weighted by molar-refractivity contribution is 5.94. The molecule has 0 saturated heterocycles. The quantitative estimate of drug-likeness (QED) is 0.715. The van der Waals surface area contributed by atoms with Gasteiger partial charge in [0.15, 0.2) is 5.76 Å². The van der Waals surface area contributed by atoms with Gasteiger partial charge in [-0.25, -0.2) is 4.98 Å². The standard InChI is InChI=1S/C11H12N2O2/c1-2-13-6-5-12-11(13)8-9(14)10-4-3-7-15-10/h3-7H,2,8H2,1H3. The van der Waals surface area contributed by atoms with E-state index in [1.54, 1.807) is 18.3 Å². The van der Waals surface area contributed by atoms with Gasteiger partial charge in [0.25, 0.3) is 0 Å². The summed E-state index contributed by atoms with van der Waals surface area (Å²) in [5.74, 6) is 1.13. The minimum absolute atomic E-state index is 0.0408. The van der Waals surface area contributed by atoms with E-state index in [1.807, 2.05) is 17.7 Å². The Morgan fingerprint density at radius 1 is 1.60 bits per heavy atom. The summed E-state index contributed by atoms with van der Waals surface area (Å²) in [6.45, 7) is 2.84. The molecule has 2 rings (SSSR count). The van der Waals surface area contributed by atoms with E-state index in [2.05, 4.69) is 4.98 Å². The van der Waals surface area contributed by atoms with Gasteiger partial charge in [-0.15, -0.1) is 0 Å². The van der Waals surface area contributed by atoms with Crippen LogP contribution < -0.4 is 0 Å². The van der Waals surface area contributed by atoms with Crippen LogP contribution in [0.2, 0.25) is 0 Å². The average Bonchev–Trinajstić information content (AvgIpc) is 2.87. The normalized spacial score (nSPS) is 10.5. The lowest BCUT2D eigenvalue weighted by atomic mass is 10.2. The number of Topliss-reactive ketones (excluding diaryl/α,β-unsaturated/α-hetero) is 1. The molecule has 2 aromatic rings. The maximum Gasteiger partial charge on any atom is 0.205 e. The van der Waals surface area contributed by atoms with Crippen LogP contribution in [0.3, 0.4) is 0 Å². The third-order valence-corrected chi connectivity index (χ3v) is 2.26. The van der Waals surface area contributed by atoms with Crippen molar-refractivity contribution < 1.29 is 9.21 Å².